The van der Waals surface area contributed by atoms with Crippen LogP contribution in [0.3, 0.4) is 0 Å². The second-order valence-corrected chi connectivity index (χ2v) is 4.98. The minimum Gasteiger partial charge on any atom is -0.348 e. The molecule has 0 fully saturated rings. The fourth-order valence-corrected chi connectivity index (χ4v) is 2.37. The third-order valence-electron chi connectivity index (χ3n) is 3.59. The van der Waals surface area contributed by atoms with Crippen molar-refractivity contribution in [1.82, 2.24) is 10.3 Å². The molecule has 1 N–H and O–H groups in total. The number of hydrogen-bond acceptors (Lipinski definition) is 2. The highest BCUT2D eigenvalue weighted by molar-refractivity contribution is 6.05. The molecule has 1 aromatic heterocycles. The van der Waals surface area contributed by atoms with Gasteiger partial charge in [0.2, 0.25) is 0 Å². The van der Waals surface area contributed by atoms with E-state index in [0.29, 0.717) is 12.1 Å². The van der Waals surface area contributed by atoms with E-state index in [1.165, 1.54) is 5.56 Å². The zero-order chi connectivity index (χ0) is 14.7. The number of carbonyl (C=O) groups is 1. The van der Waals surface area contributed by atoms with E-state index >= 15 is 0 Å². The molecule has 3 nitrogen and oxygen atoms in total. The molecule has 0 aliphatic rings. The molecule has 0 saturated heterocycles. The predicted octanol–water partition coefficient (Wildman–Crippen LogP) is 3.47. The number of aromatic nitrogens is 1. The van der Waals surface area contributed by atoms with Crippen LogP contribution in [0.4, 0.5) is 0 Å². The molecule has 3 aromatic rings. The van der Waals surface area contributed by atoms with Gasteiger partial charge in [0.05, 0.1) is 11.1 Å². The Hall–Kier alpha value is -2.68. The second kappa shape index (κ2) is 5.75. The number of aryl methyl sites for hydroxylation is 1. The lowest BCUT2D eigenvalue weighted by Crippen LogP contribution is -2.23. The number of pyridine rings is 1. The van der Waals surface area contributed by atoms with Crippen molar-refractivity contribution in [1.29, 1.82) is 0 Å². The molecule has 1 heterocycles. The molecule has 0 aliphatic carbocycles. The Morgan fingerprint density at radius 3 is 2.67 bits per heavy atom. The van der Waals surface area contributed by atoms with Gasteiger partial charge in [-0.1, -0.05) is 42.5 Å². The molecular weight excluding hydrogens is 260 g/mol. The molecule has 21 heavy (non-hydrogen) atoms. The van der Waals surface area contributed by atoms with Crippen molar-refractivity contribution in [2.75, 3.05) is 0 Å². The zero-order valence-corrected chi connectivity index (χ0v) is 11.8. The van der Waals surface area contributed by atoms with Gasteiger partial charge in [-0.15, -0.1) is 0 Å². The van der Waals surface area contributed by atoms with Crippen molar-refractivity contribution in [3.63, 3.8) is 0 Å². The first-order valence-corrected chi connectivity index (χ1v) is 6.92. The van der Waals surface area contributed by atoms with Crippen LogP contribution in [-0.4, -0.2) is 10.9 Å². The Morgan fingerprint density at radius 2 is 1.81 bits per heavy atom. The van der Waals surface area contributed by atoms with Crippen LogP contribution in [0.5, 0.6) is 0 Å². The first-order valence-electron chi connectivity index (χ1n) is 6.92. The molecule has 0 spiro atoms. The first-order chi connectivity index (χ1) is 10.3. The third kappa shape index (κ3) is 2.77. The third-order valence-corrected chi connectivity index (χ3v) is 3.59. The normalized spacial score (nSPS) is 10.5. The maximum Gasteiger partial charge on any atom is 0.252 e. The van der Waals surface area contributed by atoms with Gasteiger partial charge in [-0.2, -0.15) is 0 Å². The van der Waals surface area contributed by atoms with Crippen molar-refractivity contribution in [3.05, 3.63) is 77.5 Å². The van der Waals surface area contributed by atoms with Gasteiger partial charge in [-0.3, -0.25) is 9.78 Å². The summed E-state index contributed by atoms with van der Waals surface area (Å²) in [6.07, 6.45) is 1.67. The molecule has 0 aliphatic heterocycles. The molecule has 1 amide bonds. The molecule has 0 unspecified atom stereocenters. The highest BCUT2D eigenvalue weighted by Gasteiger charge is 2.10. The highest BCUT2D eigenvalue weighted by atomic mass is 16.1. The smallest absolute Gasteiger partial charge is 0.252 e. The van der Waals surface area contributed by atoms with E-state index in [9.17, 15) is 4.79 Å². The van der Waals surface area contributed by atoms with Crippen molar-refractivity contribution in [2.24, 2.45) is 0 Å². The molecule has 3 rings (SSSR count). The summed E-state index contributed by atoms with van der Waals surface area (Å²) in [4.78, 5) is 16.7. The average Bonchev–Trinajstić information content (AvgIpc) is 2.53. The molecule has 3 heteroatoms. The van der Waals surface area contributed by atoms with Crippen LogP contribution >= 0.6 is 0 Å². The van der Waals surface area contributed by atoms with Gasteiger partial charge in [0.1, 0.15) is 0 Å². The zero-order valence-electron chi connectivity index (χ0n) is 11.8. The quantitative estimate of drug-likeness (QED) is 0.796. The van der Waals surface area contributed by atoms with Gasteiger partial charge in [0.25, 0.3) is 5.91 Å². The summed E-state index contributed by atoms with van der Waals surface area (Å²) in [6, 6.07) is 17.5. The first kappa shape index (κ1) is 13.3. The Morgan fingerprint density at radius 1 is 1.05 bits per heavy atom. The van der Waals surface area contributed by atoms with E-state index < -0.39 is 0 Å². The topological polar surface area (TPSA) is 42.0 Å². The molecule has 0 atom stereocenters. The lowest BCUT2D eigenvalue weighted by atomic mass is 10.1. The summed E-state index contributed by atoms with van der Waals surface area (Å²) in [7, 11) is 0. The van der Waals surface area contributed by atoms with Gasteiger partial charge >= 0.3 is 0 Å². The maximum absolute atomic E-state index is 12.4. The number of benzene rings is 2. The minimum absolute atomic E-state index is 0.0724. The van der Waals surface area contributed by atoms with Crippen LogP contribution in [0, 0.1) is 6.92 Å². The van der Waals surface area contributed by atoms with Crippen LogP contribution in [0.2, 0.25) is 0 Å². The van der Waals surface area contributed by atoms with E-state index in [1.807, 2.05) is 55.5 Å². The molecule has 2 aromatic carbocycles. The molecule has 104 valence electrons. The van der Waals surface area contributed by atoms with Gasteiger partial charge in [0, 0.05) is 18.1 Å². The number of amides is 1. The molecular formula is C18H16N2O. The second-order valence-electron chi connectivity index (χ2n) is 4.98. The number of nitrogens with zero attached hydrogens (tertiary/aromatic N) is 1. The van der Waals surface area contributed by atoms with Crippen molar-refractivity contribution in [2.45, 2.75) is 13.5 Å². The molecule has 0 radical (unpaired) electrons. The van der Waals surface area contributed by atoms with Crippen LogP contribution in [-0.2, 0) is 6.54 Å². The van der Waals surface area contributed by atoms with Crippen molar-refractivity contribution in [3.8, 4) is 0 Å². The van der Waals surface area contributed by atoms with E-state index in [0.717, 1.165) is 16.5 Å². The summed E-state index contributed by atoms with van der Waals surface area (Å²) in [5, 5.41) is 3.86. The Labute approximate surface area is 123 Å². The summed E-state index contributed by atoms with van der Waals surface area (Å²) in [5.41, 5.74) is 3.80. The van der Waals surface area contributed by atoms with Crippen LogP contribution in [0.1, 0.15) is 21.5 Å². The molecule has 0 bridgehead atoms. The Bertz CT molecular complexity index is 791. The number of para-hydroxylation sites is 1. The van der Waals surface area contributed by atoms with E-state index in [1.54, 1.807) is 12.3 Å². The monoisotopic (exact) mass is 276 g/mol. The molecule has 0 saturated carbocycles. The van der Waals surface area contributed by atoms with Gasteiger partial charge in [0.15, 0.2) is 0 Å². The van der Waals surface area contributed by atoms with Crippen LogP contribution < -0.4 is 5.32 Å². The number of hydrogen-bond donors (Lipinski definition) is 1. The largest absolute Gasteiger partial charge is 0.348 e. The minimum atomic E-state index is -0.0724. The lowest BCUT2D eigenvalue weighted by Gasteiger charge is -2.09. The average molecular weight is 276 g/mol. The standard InChI is InChI=1S/C18H16N2O/c1-13-6-2-3-7-14(13)12-20-18(21)16-10-11-19-17-9-5-4-8-15(16)17/h2-11H,12H2,1H3,(H,20,21). The highest BCUT2D eigenvalue weighted by Crippen LogP contribution is 2.16. The Kier molecular flexibility index (Phi) is 3.65. The van der Waals surface area contributed by atoms with E-state index in [2.05, 4.69) is 10.3 Å². The van der Waals surface area contributed by atoms with Crippen LogP contribution in [0.25, 0.3) is 10.9 Å². The predicted molar refractivity (Wildman–Crippen MR) is 84.1 cm³/mol. The Balaban J connectivity index is 1.83. The van der Waals surface area contributed by atoms with Gasteiger partial charge in [-0.05, 0) is 30.2 Å². The van der Waals surface area contributed by atoms with Crippen molar-refractivity contribution >= 4 is 16.8 Å². The van der Waals surface area contributed by atoms with Gasteiger partial charge < -0.3 is 5.32 Å². The summed E-state index contributed by atoms with van der Waals surface area (Å²) in [5.74, 6) is -0.0724. The SMILES string of the molecule is Cc1ccccc1CNC(=O)c1ccnc2ccccc12. The number of carbonyl (C=O) groups excluding carboxylic acids is 1. The number of nitrogens with one attached hydrogen (secondary N) is 1. The number of fused-ring (bicyclic) bond motifs is 1. The van der Waals surface area contributed by atoms with E-state index in [4.69, 9.17) is 0 Å². The maximum atomic E-state index is 12.4. The lowest BCUT2D eigenvalue weighted by molar-refractivity contribution is 0.0952. The van der Waals surface area contributed by atoms with Gasteiger partial charge in [-0.25, -0.2) is 0 Å². The fraction of sp³-hybridized carbons (Fsp3) is 0.111. The van der Waals surface area contributed by atoms with Crippen molar-refractivity contribution < 1.29 is 4.79 Å². The summed E-state index contributed by atoms with van der Waals surface area (Å²) in [6.45, 7) is 2.57. The fourth-order valence-electron chi connectivity index (χ4n) is 2.37. The summed E-state index contributed by atoms with van der Waals surface area (Å²) >= 11 is 0. The number of rotatable bonds is 3. The summed E-state index contributed by atoms with van der Waals surface area (Å²) < 4.78 is 0. The van der Waals surface area contributed by atoms with E-state index in [-0.39, 0.29) is 5.91 Å². The van der Waals surface area contributed by atoms with Crippen LogP contribution in [0.15, 0.2) is 60.8 Å².